The SMILES string of the molecule is N#Cc1ccc(CN2CCN(C(=O)CCNC(=O)c3ccc(Br)cc3)CC2)cc1. The molecule has 1 aliphatic rings. The smallest absolute Gasteiger partial charge is 0.251 e. The van der Waals surface area contributed by atoms with Crippen molar-refractivity contribution in [3.8, 4) is 6.07 Å². The van der Waals surface area contributed by atoms with Gasteiger partial charge in [-0.05, 0) is 42.0 Å². The standard InChI is InChI=1S/C22H23BrN4O2/c23-20-7-5-19(6-8-20)22(29)25-10-9-21(28)27-13-11-26(12-14-27)16-18-3-1-17(15-24)2-4-18/h1-8H,9-14,16H2,(H,25,29). The molecular formula is C22H23BrN4O2. The van der Waals surface area contributed by atoms with E-state index in [2.05, 4.69) is 32.2 Å². The maximum Gasteiger partial charge on any atom is 0.251 e. The number of amides is 2. The van der Waals surface area contributed by atoms with Crippen LogP contribution in [0.25, 0.3) is 0 Å². The maximum absolute atomic E-state index is 12.4. The highest BCUT2D eigenvalue weighted by Crippen LogP contribution is 2.12. The molecule has 0 atom stereocenters. The fraction of sp³-hybridized carbons (Fsp3) is 0.318. The molecule has 0 radical (unpaired) electrons. The number of nitrogens with zero attached hydrogens (tertiary/aromatic N) is 3. The van der Waals surface area contributed by atoms with Gasteiger partial charge >= 0.3 is 0 Å². The molecule has 7 heteroatoms. The molecule has 0 spiro atoms. The van der Waals surface area contributed by atoms with E-state index in [1.54, 1.807) is 12.1 Å². The number of hydrogen-bond donors (Lipinski definition) is 1. The van der Waals surface area contributed by atoms with Crippen molar-refractivity contribution in [1.29, 1.82) is 5.26 Å². The zero-order valence-corrected chi connectivity index (χ0v) is 17.7. The molecular weight excluding hydrogens is 432 g/mol. The van der Waals surface area contributed by atoms with Crippen molar-refractivity contribution in [2.24, 2.45) is 0 Å². The van der Waals surface area contributed by atoms with E-state index in [1.165, 1.54) is 5.56 Å². The quantitative estimate of drug-likeness (QED) is 0.727. The van der Waals surface area contributed by atoms with Crippen LogP contribution >= 0.6 is 15.9 Å². The summed E-state index contributed by atoms with van der Waals surface area (Å²) in [4.78, 5) is 28.7. The molecule has 2 amide bonds. The second-order valence-corrected chi connectivity index (χ2v) is 7.89. The van der Waals surface area contributed by atoms with Gasteiger partial charge in [0.1, 0.15) is 0 Å². The van der Waals surface area contributed by atoms with Crippen LogP contribution in [0.15, 0.2) is 53.0 Å². The highest BCUT2D eigenvalue weighted by Gasteiger charge is 2.21. The Kier molecular flexibility index (Phi) is 7.39. The van der Waals surface area contributed by atoms with Gasteiger partial charge in [-0.15, -0.1) is 0 Å². The summed E-state index contributed by atoms with van der Waals surface area (Å²) >= 11 is 3.34. The van der Waals surface area contributed by atoms with Gasteiger partial charge in [0.05, 0.1) is 11.6 Å². The van der Waals surface area contributed by atoms with E-state index in [9.17, 15) is 9.59 Å². The lowest BCUT2D eigenvalue weighted by Crippen LogP contribution is -2.48. The van der Waals surface area contributed by atoms with Gasteiger partial charge < -0.3 is 10.2 Å². The van der Waals surface area contributed by atoms with Crippen LogP contribution in [0, 0.1) is 11.3 Å². The van der Waals surface area contributed by atoms with Gasteiger partial charge in [0, 0.05) is 55.7 Å². The van der Waals surface area contributed by atoms with Crippen molar-refractivity contribution < 1.29 is 9.59 Å². The highest BCUT2D eigenvalue weighted by molar-refractivity contribution is 9.10. The first-order chi connectivity index (χ1) is 14.0. The summed E-state index contributed by atoms with van der Waals surface area (Å²) in [6.45, 7) is 4.16. The summed E-state index contributed by atoms with van der Waals surface area (Å²) in [6.07, 6.45) is 0.303. The fourth-order valence-electron chi connectivity index (χ4n) is 3.24. The number of piperazine rings is 1. The Morgan fingerprint density at radius 1 is 1.00 bits per heavy atom. The Balaban J connectivity index is 1.37. The third kappa shape index (κ3) is 6.14. The molecule has 150 valence electrons. The molecule has 1 heterocycles. The Bertz CT molecular complexity index is 883. The van der Waals surface area contributed by atoms with Gasteiger partial charge in [0.15, 0.2) is 0 Å². The van der Waals surface area contributed by atoms with E-state index in [4.69, 9.17) is 5.26 Å². The topological polar surface area (TPSA) is 76.4 Å². The molecule has 6 nitrogen and oxygen atoms in total. The Labute approximate surface area is 179 Å². The third-order valence-corrected chi connectivity index (χ3v) is 5.47. The van der Waals surface area contributed by atoms with Gasteiger partial charge in [-0.3, -0.25) is 14.5 Å². The third-order valence-electron chi connectivity index (χ3n) is 4.95. The molecule has 1 saturated heterocycles. The molecule has 0 saturated carbocycles. The summed E-state index contributed by atoms with van der Waals surface area (Å²) in [5, 5.41) is 11.7. The summed E-state index contributed by atoms with van der Waals surface area (Å²) in [6, 6.07) is 16.9. The van der Waals surface area contributed by atoms with Crippen molar-refractivity contribution in [1.82, 2.24) is 15.1 Å². The number of halogens is 1. The van der Waals surface area contributed by atoms with Crippen molar-refractivity contribution in [3.63, 3.8) is 0 Å². The van der Waals surface area contributed by atoms with Crippen LogP contribution in [0.3, 0.4) is 0 Å². The van der Waals surface area contributed by atoms with Gasteiger partial charge in [-0.1, -0.05) is 28.1 Å². The maximum atomic E-state index is 12.4. The van der Waals surface area contributed by atoms with E-state index in [-0.39, 0.29) is 11.8 Å². The average Bonchev–Trinajstić information content (AvgIpc) is 2.75. The summed E-state index contributed by atoms with van der Waals surface area (Å²) in [7, 11) is 0. The van der Waals surface area contributed by atoms with E-state index in [0.29, 0.717) is 37.2 Å². The van der Waals surface area contributed by atoms with Gasteiger partial charge in [-0.2, -0.15) is 5.26 Å². The lowest BCUT2D eigenvalue weighted by atomic mass is 10.1. The van der Waals surface area contributed by atoms with Crippen molar-refractivity contribution in [2.75, 3.05) is 32.7 Å². The molecule has 1 fully saturated rings. The number of nitrogens with one attached hydrogen (secondary N) is 1. The Morgan fingerprint density at radius 2 is 1.66 bits per heavy atom. The van der Waals surface area contributed by atoms with Crippen LogP contribution in [0.2, 0.25) is 0 Å². The van der Waals surface area contributed by atoms with E-state index in [0.717, 1.165) is 24.1 Å². The molecule has 0 aromatic heterocycles. The van der Waals surface area contributed by atoms with E-state index >= 15 is 0 Å². The molecule has 2 aromatic carbocycles. The summed E-state index contributed by atoms with van der Waals surface area (Å²) < 4.78 is 0.919. The van der Waals surface area contributed by atoms with Crippen LogP contribution in [0.4, 0.5) is 0 Å². The Morgan fingerprint density at radius 3 is 2.28 bits per heavy atom. The monoisotopic (exact) mass is 454 g/mol. The highest BCUT2D eigenvalue weighted by atomic mass is 79.9. The zero-order chi connectivity index (χ0) is 20.6. The molecule has 1 N–H and O–H groups in total. The van der Waals surface area contributed by atoms with Crippen LogP contribution in [-0.4, -0.2) is 54.3 Å². The van der Waals surface area contributed by atoms with E-state index in [1.807, 2.05) is 41.3 Å². The lowest BCUT2D eigenvalue weighted by Gasteiger charge is -2.34. The van der Waals surface area contributed by atoms with E-state index < -0.39 is 0 Å². The average molecular weight is 455 g/mol. The number of nitriles is 1. The van der Waals surface area contributed by atoms with Crippen molar-refractivity contribution in [2.45, 2.75) is 13.0 Å². The summed E-state index contributed by atoms with van der Waals surface area (Å²) in [5.41, 5.74) is 2.41. The molecule has 0 bridgehead atoms. The number of hydrogen-bond acceptors (Lipinski definition) is 4. The first-order valence-electron chi connectivity index (χ1n) is 9.58. The zero-order valence-electron chi connectivity index (χ0n) is 16.1. The number of benzene rings is 2. The number of rotatable bonds is 6. The predicted molar refractivity (Wildman–Crippen MR) is 114 cm³/mol. The second kappa shape index (κ2) is 10.2. The lowest BCUT2D eigenvalue weighted by molar-refractivity contribution is -0.132. The van der Waals surface area contributed by atoms with Crippen molar-refractivity contribution >= 4 is 27.7 Å². The molecule has 2 aromatic rings. The van der Waals surface area contributed by atoms with Crippen LogP contribution < -0.4 is 5.32 Å². The van der Waals surface area contributed by atoms with Gasteiger partial charge in [-0.25, -0.2) is 0 Å². The largest absolute Gasteiger partial charge is 0.352 e. The molecule has 3 rings (SSSR count). The fourth-order valence-corrected chi connectivity index (χ4v) is 3.51. The van der Waals surface area contributed by atoms with Crippen molar-refractivity contribution in [3.05, 3.63) is 69.7 Å². The molecule has 0 aliphatic carbocycles. The first kappa shape index (κ1) is 21.0. The molecule has 1 aliphatic heterocycles. The minimum Gasteiger partial charge on any atom is -0.352 e. The predicted octanol–water partition coefficient (Wildman–Crippen LogP) is 2.79. The first-order valence-corrected chi connectivity index (χ1v) is 10.4. The minimum atomic E-state index is -0.169. The second-order valence-electron chi connectivity index (χ2n) is 6.98. The number of carbonyl (C=O) groups is 2. The van der Waals surface area contributed by atoms with Gasteiger partial charge in [0.2, 0.25) is 5.91 Å². The van der Waals surface area contributed by atoms with Crippen LogP contribution in [0.1, 0.15) is 27.9 Å². The van der Waals surface area contributed by atoms with Crippen LogP contribution in [0.5, 0.6) is 0 Å². The van der Waals surface area contributed by atoms with Gasteiger partial charge in [0.25, 0.3) is 5.91 Å². The normalized spacial score (nSPS) is 14.3. The molecule has 29 heavy (non-hydrogen) atoms. The molecule has 0 unspecified atom stereocenters. The number of carbonyl (C=O) groups excluding carboxylic acids is 2. The Hall–Kier alpha value is -2.69. The van der Waals surface area contributed by atoms with Crippen LogP contribution in [-0.2, 0) is 11.3 Å². The minimum absolute atomic E-state index is 0.0686. The summed E-state index contributed by atoms with van der Waals surface area (Å²) in [5.74, 6) is -0.100.